The Kier molecular flexibility index (Phi) is 4.47. The summed E-state index contributed by atoms with van der Waals surface area (Å²) in [7, 11) is 0. The van der Waals surface area contributed by atoms with Crippen molar-refractivity contribution in [3.63, 3.8) is 0 Å². The van der Waals surface area contributed by atoms with Crippen LogP contribution in [0.1, 0.15) is 23.2 Å². The Morgan fingerprint density at radius 1 is 1.45 bits per heavy atom. The molecule has 1 amide bonds. The number of hydrogen-bond acceptors (Lipinski definition) is 4. The van der Waals surface area contributed by atoms with Gasteiger partial charge >= 0.3 is 0 Å². The second kappa shape index (κ2) is 5.95. The number of amides is 1. The maximum Gasteiger partial charge on any atom is 0.271 e. The summed E-state index contributed by atoms with van der Waals surface area (Å²) in [5.41, 5.74) is -0.305. The van der Waals surface area contributed by atoms with Crippen molar-refractivity contribution in [3.05, 3.63) is 37.9 Å². The molecule has 0 radical (unpaired) electrons. The Balaban J connectivity index is 2.35. The molecule has 1 atom stereocenters. The summed E-state index contributed by atoms with van der Waals surface area (Å²) >= 11 is 11.8. The number of non-ortho nitro benzene ring substituents is 1. The second-order valence-corrected chi connectivity index (χ2v) is 5.38. The second-order valence-electron chi connectivity index (χ2n) is 4.59. The fourth-order valence-corrected chi connectivity index (χ4v) is 2.55. The molecule has 8 heteroatoms. The normalized spacial score (nSPS) is 18.9. The van der Waals surface area contributed by atoms with Gasteiger partial charge in [-0.15, -0.1) is 0 Å². The van der Waals surface area contributed by atoms with Gasteiger partial charge < -0.3 is 10.0 Å². The largest absolute Gasteiger partial charge is 0.391 e. The van der Waals surface area contributed by atoms with Gasteiger partial charge in [0, 0.05) is 25.2 Å². The van der Waals surface area contributed by atoms with Gasteiger partial charge in [-0.2, -0.15) is 0 Å². The summed E-state index contributed by atoms with van der Waals surface area (Å²) in [4.78, 5) is 23.9. The molecule has 1 aromatic carbocycles. The highest BCUT2D eigenvalue weighted by molar-refractivity contribution is 6.44. The van der Waals surface area contributed by atoms with E-state index in [0.717, 1.165) is 12.1 Å². The molecule has 1 aliphatic rings. The van der Waals surface area contributed by atoms with Crippen LogP contribution in [0.2, 0.25) is 10.0 Å². The molecule has 0 bridgehead atoms. The number of nitrogens with zero attached hydrogens (tertiary/aromatic N) is 2. The minimum atomic E-state index is -0.635. The molecule has 6 nitrogen and oxygen atoms in total. The topological polar surface area (TPSA) is 83.7 Å². The Bertz CT molecular complexity index is 565. The average molecular weight is 319 g/mol. The van der Waals surface area contributed by atoms with Gasteiger partial charge in [0.2, 0.25) is 0 Å². The van der Waals surface area contributed by atoms with Crippen LogP contribution < -0.4 is 0 Å². The fraction of sp³-hybridized carbons (Fsp3) is 0.417. The predicted octanol–water partition coefficient (Wildman–Crippen LogP) is 2.50. The molecular formula is C12H12Cl2N2O4. The summed E-state index contributed by atoms with van der Waals surface area (Å²) in [5.74, 6) is -0.459. The van der Waals surface area contributed by atoms with Crippen LogP contribution in [0, 0.1) is 10.1 Å². The summed E-state index contributed by atoms with van der Waals surface area (Å²) in [5, 5.41) is 20.3. The van der Waals surface area contributed by atoms with E-state index in [2.05, 4.69) is 0 Å². The molecular weight excluding hydrogens is 307 g/mol. The maximum atomic E-state index is 12.3. The van der Waals surface area contributed by atoms with Crippen molar-refractivity contribution in [3.8, 4) is 0 Å². The first-order valence-corrected chi connectivity index (χ1v) is 6.76. The first-order valence-electron chi connectivity index (χ1n) is 6.01. The Hall–Kier alpha value is -1.37. The molecule has 1 unspecified atom stereocenters. The number of benzene rings is 1. The van der Waals surface area contributed by atoms with Crippen LogP contribution in [0.15, 0.2) is 12.1 Å². The number of likely N-dealkylation sites (tertiary alicyclic amines) is 1. The lowest BCUT2D eigenvalue weighted by Gasteiger charge is -2.30. The van der Waals surface area contributed by atoms with Gasteiger partial charge in [0.05, 0.1) is 26.6 Å². The first kappa shape index (κ1) is 15.0. The number of piperidine rings is 1. The van der Waals surface area contributed by atoms with E-state index in [9.17, 15) is 20.0 Å². The molecule has 0 aromatic heterocycles. The summed E-state index contributed by atoms with van der Waals surface area (Å²) in [6, 6.07) is 2.21. The van der Waals surface area contributed by atoms with E-state index >= 15 is 0 Å². The fourth-order valence-electron chi connectivity index (χ4n) is 2.15. The van der Waals surface area contributed by atoms with E-state index in [1.807, 2.05) is 0 Å². The third-order valence-corrected chi connectivity index (χ3v) is 3.94. The van der Waals surface area contributed by atoms with E-state index in [1.54, 1.807) is 0 Å². The van der Waals surface area contributed by atoms with Crippen LogP contribution in [0.3, 0.4) is 0 Å². The highest BCUT2D eigenvalue weighted by Crippen LogP contribution is 2.32. The molecule has 2 rings (SSSR count). The number of carbonyl (C=O) groups excluding carboxylic acids is 1. The zero-order chi connectivity index (χ0) is 14.9. The third-order valence-electron chi connectivity index (χ3n) is 3.14. The number of halogens is 2. The van der Waals surface area contributed by atoms with Crippen molar-refractivity contribution >= 4 is 34.8 Å². The van der Waals surface area contributed by atoms with Crippen molar-refractivity contribution < 1.29 is 14.8 Å². The molecule has 1 fully saturated rings. The average Bonchev–Trinajstić information content (AvgIpc) is 2.40. The van der Waals surface area contributed by atoms with E-state index in [1.165, 1.54) is 4.90 Å². The van der Waals surface area contributed by atoms with Gasteiger partial charge in [0.25, 0.3) is 11.6 Å². The first-order chi connectivity index (χ1) is 9.40. The van der Waals surface area contributed by atoms with E-state index in [4.69, 9.17) is 23.2 Å². The van der Waals surface area contributed by atoms with Crippen molar-refractivity contribution in [1.29, 1.82) is 0 Å². The van der Waals surface area contributed by atoms with E-state index < -0.39 is 16.9 Å². The van der Waals surface area contributed by atoms with E-state index in [-0.39, 0.29) is 27.8 Å². The number of hydrogen-bond donors (Lipinski definition) is 1. The maximum absolute atomic E-state index is 12.3. The molecule has 0 spiro atoms. The van der Waals surface area contributed by atoms with Crippen molar-refractivity contribution in [2.75, 3.05) is 13.1 Å². The smallest absolute Gasteiger partial charge is 0.271 e. The molecule has 1 N–H and O–H groups in total. The molecule has 1 aromatic rings. The van der Waals surface area contributed by atoms with E-state index in [0.29, 0.717) is 19.4 Å². The van der Waals surface area contributed by atoms with Crippen LogP contribution in [-0.4, -0.2) is 40.0 Å². The highest BCUT2D eigenvalue weighted by atomic mass is 35.5. The quantitative estimate of drug-likeness (QED) is 0.670. The predicted molar refractivity (Wildman–Crippen MR) is 74.3 cm³/mol. The lowest BCUT2D eigenvalue weighted by atomic mass is 10.1. The lowest BCUT2D eigenvalue weighted by molar-refractivity contribution is -0.384. The Morgan fingerprint density at radius 2 is 2.15 bits per heavy atom. The number of β-amino-alcohol motifs (C(OH)–C–C–N with tert-alkyl or cyclic N) is 1. The number of aliphatic hydroxyl groups excluding tert-OH is 1. The number of nitro benzene ring substituents is 1. The van der Waals surface area contributed by atoms with Crippen molar-refractivity contribution in [1.82, 2.24) is 4.90 Å². The summed E-state index contributed by atoms with van der Waals surface area (Å²) in [6.45, 7) is 0.669. The number of rotatable bonds is 2. The SMILES string of the molecule is O=C(c1cc([N+](=O)[O-])cc(Cl)c1Cl)N1CCCC(O)C1. The van der Waals surface area contributed by atoms with Crippen LogP contribution in [0.4, 0.5) is 5.69 Å². The molecule has 108 valence electrons. The summed E-state index contributed by atoms with van der Waals surface area (Å²) in [6.07, 6.45) is 0.723. The summed E-state index contributed by atoms with van der Waals surface area (Å²) < 4.78 is 0. The Morgan fingerprint density at radius 3 is 2.75 bits per heavy atom. The van der Waals surface area contributed by atoms with Gasteiger partial charge in [-0.25, -0.2) is 0 Å². The monoisotopic (exact) mass is 318 g/mol. The van der Waals surface area contributed by atoms with Crippen LogP contribution in [0.5, 0.6) is 0 Å². The molecule has 0 saturated carbocycles. The minimum absolute atomic E-state index is 0.0117. The third kappa shape index (κ3) is 3.03. The zero-order valence-electron chi connectivity index (χ0n) is 10.4. The number of nitro groups is 1. The number of aliphatic hydroxyl groups is 1. The molecule has 0 aliphatic carbocycles. The molecule has 1 aliphatic heterocycles. The van der Waals surface area contributed by atoms with Gasteiger partial charge in [0.1, 0.15) is 0 Å². The van der Waals surface area contributed by atoms with Crippen LogP contribution >= 0.6 is 23.2 Å². The number of carbonyl (C=O) groups is 1. The van der Waals surface area contributed by atoms with Crippen LogP contribution in [0.25, 0.3) is 0 Å². The van der Waals surface area contributed by atoms with Crippen molar-refractivity contribution in [2.45, 2.75) is 18.9 Å². The van der Waals surface area contributed by atoms with Gasteiger partial charge in [-0.1, -0.05) is 23.2 Å². The van der Waals surface area contributed by atoms with Gasteiger partial charge in [-0.05, 0) is 12.8 Å². The molecule has 20 heavy (non-hydrogen) atoms. The van der Waals surface area contributed by atoms with Gasteiger partial charge in [-0.3, -0.25) is 14.9 Å². The van der Waals surface area contributed by atoms with Crippen LogP contribution in [-0.2, 0) is 0 Å². The lowest BCUT2D eigenvalue weighted by Crippen LogP contribution is -2.42. The minimum Gasteiger partial charge on any atom is -0.391 e. The van der Waals surface area contributed by atoms with Crippen molar-refractivity contribution in [2.24, 2.45) is 0 Å². The zero-order valence-corrected chi connectivity index (χ0v) is 11.9. The Labute approximate surface area is 125 Å². The standard InChI is InChI=1S/C12H12Cl2N2O4/c13-10-5-7(16(19)20)4-9(11(10)14)12(18)15-3-1-2-8(17)6-15/h4-5,8,17H,1-3,6H2. The molecule has 1 heterocycles. The highest BCUT2D eigenvalue weighted by Gasteiger charge is 2.27. The van der Waals surface area contributed by atoms with Gasteiger partial charge in [0.15, 0.2) is 0 Å². The molecule has 1 saturated heterocycles.